The highest BCUT2D eigenvalue weighted by Crippen LogP contribution is 2.29. The van der Waals surface area contributed by atoms with Gasteiger partial charge < -0.3 is 10.2 Å². The molecule has 8 heteroatoms. The van der Waals surface area contributed by atoms with Crippen LogP contribution in [0.5, 0.6) is 0 Å². The largest absolute Gasteiger partial charge is 0.357 e. The fourth-order valence-electron chi connectivity index (χ4n) is 1.90. The lowest BCUT2D eigenvalue weighted by molar-refractivity contribution is 0.376. The molecule has 0 saturated carbocycles. The zero-order valence-electron chi connectivity index (χ0n) is 11.8. The van der Waals surface area contributed by atoms with Crippen molar-refractivity contribution in [3.63, 3.8) is 0 Å². The Morgan fingerprint density at radius 3 is 2.74 bits per heavy atom. The number of nitrogens with zero attached hydrogens (tertiary/aromatic N) is 2. The Hall–Kier alpha value is -0.470. The van der Waals surface area contributed by atoms with Gasteiger partial charge in [0.25, 0.3) is 0 Å². The van der Waals surface area contributed by atoms with Gasteiger partial charge in [-0.15, -0.1) is 0 Å². The molecule has 0 aliphatic carbocycles. The van der Waals surface area contributed by atoms with Crippen LogP contribution in [0.4, 0.5) is 0 Å². The second-order valence-corrected chi connectivity index (χ2v) is 8.67. The molecule has 0 amide bonds. The first kappa shape index (κ1) is 16.6. The van der Waals surface area contributed by atoms with Gasteiger partial charge in [0.05, 0.1) is 12.3 Å². The maximum atomic E-state index is 10.9. The van der Waals surface area contributed by atoms with E-state index in [2.05, 4.69) is 29.1 Å². The highest BCUT2D eigenvalue weighted by Gasteiger charge is 2.28. The molecule has 1 fully saturated rings. The van der Waals surface area contributed by atoms with Gasteiger partial charge in [0.2, 0.25) is 10.0 Å². The zero-order chi connectivity index (χ0) is 14.5. The maximum Gasteiger partial charge on any atom is 0.210 e. The van der Waals surface area contributed by atoms with Crippen molar-refractivity contribution < 1.29 is 8.42 Å². The van der Waals surface area contributed by atoms with E-state index >= 15 is 0 Å². The second-order valence-electron chi connectivity index (χ2n) is 5.13. The van der Waals surface area contributed by atoms with Gasteiger partial charge >= 0.3 is 0 Å². The van der Waals surface area contributed by atoms with Crippen molar-refractivity contribution in [2.45, 2.75) is 25.5 Å². The van der Waals surface area contributed by atoms with Crippen LogP contribution in [0.1, 0.15) is 20.8 Å². The maximum absolute atomic E-state index is 10.9. The Kier molecular flexibility index (Phi) is 5.94. The summed E-state index contributed by atoms with van der Waals surface area (Å²) in [7, 11) is -3.45. The summed E-state index contributed by atoms with van der Waals surface area (Å²) in [5, 5.41) is 8.19. The van der Waals surface area contributed by atoms with E-state index in [1.807, 2.05) is 18.7 Å². The number of aliphatic imine (C=N–C) groups is 1. The van der Waals surface area contributed by atoms with Crippen LogP contribution in [0.3, 0.4) is 0 Å². The van der Waals surface area contributed by atoms with E-state index in [-0.39, 0.29) is 17.0 Å². The molecule has 0 aromatic rings. The summed E-state index contributed by atoms with van der Waals surface area (Å²) in [5.41, 5.74) is 0. The first-order chi connectivity index (χ1) is 8.73. The predicted octanol–water partition coefficient (Wildman–Crippen LogP) is 0.0678. The molecule has 1 aliphatic rings. The molecule has 0 bridgehead atoms. The van der Waals surface area contributed by atoms with Crippen molar-refractivity contribution in [2.24, 2.45) is 10.1 Å². The molecule has 3 N–H and O–H groups in total. The quantitative estimate of drug-likeness (QED) is 0.567. The molecule has 0 spiro atoms. The Morgan fingerprint density at radius 1 is 1.53 bits per heavy atom. The SMILES string of the molecule is CCNC(=NCCS(N)(=O)=O)N1CCSC(C)(C)C1. The molecular formula is C11H24N4O2S2. The molecule has 1 heterocycles. The number of rotatable bonds is 4. The molecule has 112 valence electrons. The molecule has 0 unspecified atom stereocenters. The van der Waals surface area contributed by atoms with Gasteiger partial charge in [-0.25, -0.2) is 13.6 Å². The average molecular weight is 308 g/mol. The summed E-state index contributed by atoms with van der Waals surface area (Å²) in [6.45, 7) is 9.20. The molecule has 1 saturated heterocycles. The van der Waals surface area contributed by atoms with Crippen LogP contribution >= 0.6 is 11.8 Å². The van der Waals surface area contributed by atoms with Crippen molar-refractivity contribution >= 4 is 27.7 Å². The zero-order valence-corrected chi connectivity index (χ0v) is 13.5. The van der Waals surface area contributed by atoms with Gasteiger partial charge in [-0.05, 0) is 20.8 Å². The van der Waals surface area contributed by atoms with Crippen molar-refractivity contribution in [1.29, 1.82) is 0 Å². The van der Waals surface area contributed by atoms with E-state index < -0.39 is 10.0 Å². The normalized spacial score (nSPS) is 20.4. The third-order valence-corrected chi connectivity index (χ3v) is 4.75. The average Bonchev–Trinajstić information content (AvgIpc) is 2.25. The lowest BCUT2D eigenvalue weighted by atomic mass is 10.2. The van der Waals surface area contributed by atoms with E-state index in [9.17, 15) is 8.42 Å². The first-order valence-electron chi connectivity index (χ1n) is 6.41. The number of primary sulfonamides is 1. The van der Waals surface area contributed by atoms with Crippen molar-refractivity contribution in [1.82, 2.24) is 10.2 Å². The van der Waals surface area contributed by atoms with Gasteiger partial charge in [-0.2, -0.15) is 11.8 Å². The number of nitrogens with two attached hydrogens (primary N) is 1. The van der Waals surface area contributed by atoms with E-state index in [4.69, 9.17) is 5.14 Å². The smallest absolute Gasteiger partial charge is 0.210 e. The van der Waals surface area contributed by atoms with Crippen molar-refractivity contribution in [3.05, 3.63) is 0 Å². The Morgan fingerprint density at radius 2 is 2.21 bits per heavy atom. The molecule has 6 nitrogen and oxygen atoms in total. The molecule has 19 heavy (non-hydrogen) atoms. The van der Waals surface area contributed by atoms with E-state index in [1.165, 1.54) is 0 Å². The number of hydrogen-bond donors (Lipinski definition) is 2. The van der Waals surface area contributed by atoms with Crippen LogP contribution in [0.25, 0.3) is 0 Å². The van der Waals surface area contributed by atoms with Crippen LogP contribution in [-0.2, 0) is 10.0 Å². The fraction of sp³-hybridized carbons (Fsp3) is 0.909. The Labute approximate surface area is 120 Å². The number of sulfonamides is 1. The number of thioether (sulfide) groups is 1. The standard InChI is InChI=1S/C11H24N4O2S2/c1-4-13-10(14-5-8-19(12,16)17)15-6-7-18-11(2,3)9-15/h4-9H2,1-3H3,(H,13,14)(H2,12,16,17). The highest BCUT2D eigenvalue weighted by atomic mass is 32.2. The van der Waals surface area contributed by atoms with E-state index in [1.54, 1.807) is 0 Å². The second kappa shape index (κ2) is 6.81. The number of hydrogen-bond acceptors (Lipinski definition) is 4. The molecular weight excluding hydrogens is 284 g/mol. The summed E-state index contributed by atoms with van der Waals surface area (Å²) in [4.78, 5) is 6.53. The predicted molar refractivity (Wildman–Crippen MR) is 82.1 cm³/mol. The van der Waals surface area contributed by atoms with Gasteiger partial charge in [0.15, 0.2) is 5.96 Å². The van der Waals surface area contributed by atoms with Crippen LogP contribution in [0.15, 0.2) is 4.99 Å². The van der Waals surface area contributed by atoms with Crippen LogP contribution < -0.4 is 10.5 Å². The molecule has 0 atom stereocenters. The van der Waals surface area contributed by atoms with Gasteiger partial charge in [-0.1, -0.05) is 0 Å². The minimum atomic E-state index is -3.45. The number of nitrogens with one attached hydrogen (secondary N) is 1. The van der Waals surface area contributed by atoms with Crippen LogP contribution in [-0.4, -0.2) is 61.7 Å². The van der Waals surface area contributed by atoms with Crippen molar-refractivity contribution in [2.75, 3.05) is 37.7 Å². The summed E-state index contributed by atoms with van der Waals surface area (Å²) >= 11 is 1.95. The minimum absolute atomic E-state index is 0.117. The highest BCUT2D eigenvalue weighted by molar-refractivity contribution is 8.00. The summed E-state index contributed by atoms with van der Waals surface area (Å²) < 4.78 is 22.0. The van der Waals surface area contributed by atoms with Crippen LogP contribution in [0, 0.1) is 0 Å². The van der Waals surface area contributed by atoms with Crippen molar-refractivity contribution in [3.8, 4) is 0 Å². The number of guanidine groups is 1. The third kappa shape index (κ3) is 6.49. The Bertz CT molecular complexity index is 420. The third-order valence-electron chi connectivity index (χ3n) is 2.70. The first-order valence-corrected chi connectivity index (χ1v) is 9.11. The lowest BCUT2D eigenvalue weighted by Crippen LogP contribution is -2.51. The van der Waals surface area contributed by atoms with Gasteiger partial charge in [0.1, 0.15) is 0 Å². The molecule has 0 aromatic carbocycles. The lowest BCUT2D eigenvalue weighted by Gasteiger charge is -2.39. The molecule has 1 rings (SSSR count). The topological polar surface area (TPSA) is 87.8 Å². The molecule has 1 aliphatic heterocycles. The summed E-state index contributed by atoms with van der Waals surface area (Å²) in [5.74, 6) is 1.71. The monoisotopic (exact) mass is 308 g/mol. The Balaban J connectivity index is 2.68. The van der Waals surface area contributed by atoms with Gasteiger partial charge in [0, 0.05) is 30.1 Å². The summed E-state index contributed by atoms with van der Waals surface area (Å²) in [6, 6.07) is 0. The van der Waals surface area contributed by atoms with Gasteiger partial charge in [-0.3, -0.25) is 4.99 Å². The van der Waals surface area contributed by atoms with E-state index in [0.717, 1.165) is 31.3 Å². The molecule has 0 radical (unpaired) electrons. The van der Waals surface area contributed by atoms with E-state index in [0.29, 0.717) is 0 Å². The minimum Gasteiger partial charge on any atom is -0.357 e. The van der Waals surface area contributed by atoms with Crippen LogP contribution in [0.2, 0.25) is 0 Å². The fourth-order valence-corrected chi connectivity index (χ4v) is 3.36. The molecule has 0 aromatic heterocycles. The summed E-state index contributed by atoms with van der Waals surface area (Å²) in [6.07, 6.45) is 0.